The number of hydrogen-bond donors (Lipinski definition) is 2. The van der Waals surface area contributed by atoms with Gasteiger partial charge in [-0.1, -0.05) is 11.6 Å². The number of hydrogen-bond acceptors (Lipinski definition) is 2. The van der Waals surface area contributed by atoms with Gasteiger partial charge in [-0.15, -0.1) is 0 Å². The van der Waals surface area contributed by atoms with Gasteiger partial charge in [0.05, 0.1) is 5.02 Å². The van der Waals surface area contributed by atoms with Crippen LogP contribution in [0.15, 0.2) is 23.3 Å². The summed E-state index contributed by atoms with van der Waals surface area (Å²) in [6, 6.07) is 4.02. The molecule has 0 heterocycles. The maximum Gasteiger partial charge on any atom is 0.150 e. The van der Waals surface area contributed by atoms with Crippen molar-refractivity contribution in [2.45, 2.75) is 0 Å². The summed E-state index contributed by atoms with van der Waals surface area (Å²) in [5, 5.41) is 3.24. The van der Waals surface area contributed by atoms with Gasteiger partial charge in [0.15, 0.2) is 0 Å². The Kier molecular flexibility index (Phi) is 2.50. The van der Waals surface area contributed by atoms with Crippen molar-refractivity contribution in [2.75, 3.05) is 0 Å². The van der Waals surface area contributed by atoms with Gasteiger partial charge >= 0.3 is 0 Å². The first-order valence-corrected chi connectivity index (χ1v) is 3.51. The lowest BCUT2D eigenvalue weighted by atomic mass is 10.2. The topological polar surface area (TPSA) is 64.4 Å². The zero-order chi connectivity index (χ0) is 9.14. The molecule has 0 fully saturated rings. The normalized spacial score (nSPS) is 11.7. The second kappa shape index (κ2) is 3.40. The molecule has 12 heavy (non-hydrogen) atoms. The molecule has 0 saturated heterocycles. The van der Waals surface area contributed by atoms with Gasteiger partial charge in [0.2, 0.25) is 0 Å². The van der Waals surface area contributed by atoms with Crippen molar-refractivity contribution >= 4 is 17.4 Å². The fraction of sp³-hybridized carbons (Fsp3) is 0. The second-order valence-corrected chi connectivity index (χ2v) is 2.55. The van der Waals surface area contributed by atoms with Crippen LogP contribution < -0.4 is 11.6 Å². The smallest absolute Gasteiger partial charge is 0.150 e. The summed E-state index contributed by atoms with van der Waals surface area (Å²) in [6.45, 7) is 0. The molecule has 5 heteroatoms. The fourth-order valence-electron chi connectivity index (χ4n) is 0.730. The predicted molar refractivity (Wildman–Crippen MR) is 46.3 cm³/mol. The Hall–Kier alpha value is -1.29. The molecule has 0 unspecified atom stereocenters. The van der Waals surface area contributed by atoms with Crippen LogP contribution in [0.1, 0.15) is 5.56 Å². The SMILES string of the molecule is N/N=C(\N)c1ccc(F)c(Cl)c1. The van der Waals surface area contributed by atoms with Crippen LogP contribution in [-0.4, -0.2) is 5.84 Å². The molecule has 0 saturated carbocycles. The standard InChI is InChI=1S/C7H7ClFN3/c8-5-3-4(7(10)12-11)1-2-6(5)9/h1-3H,11H2,(H2,10,12). The van der Waals surface area contributed by atoms with E-state index in [4.69, 9.17) is 23.2 Å². The van der Waals surface area contributed by atoms with Crippen LogP contribution in [0.25, 0.3) is 0 Å². The Labute approximate surface area is 73.8 Å². The summed E-state index contributed by atoms with van der Waals surface area (Å²) >= 11 is 5.49. The highest BCUT2D eigenvalue weighted by Crippen LogP contribution is 2.15. The first-order valence-electron chi connectivity index (χ1n) is 3.14. The molecule has 0 aliphatic heterocycles. The Morgan fingerprint density at radius 3 is 2.67 bits per heavy atom. The molecular formula is C7H7ClFN3. The molecule has 1 aromatic carbocycles. The van der Waals surface area contributed by atoms with Crippen molar-refractivity contribution in [1.29, 1.82) is 0 Å². The lowest BCUT2D eigenvalue weighted by molar-refractivity contribution is 0.628. The Balaban J connectivity index is 3.13. The molecule has 64 valence electrons. The maximum absolute atomic E-state index is 12.6. The number of halogens is 2. The molecule has 0 radical (unpaired) electrons. The van der Waals surface area contributed by atoms with Crippen molar-refractivity contribution in [3.05, 3.63) is 34.6 Å². The highest BCUT2D eigenvalue weighted by atomic mass is 35.5. The monoisotopic (exact) mass is 187 g/mol. The van der Waals surface area contributed by atoms with E-state index in [0.29, 0.717) is 5.56 Å². The minimum absolute atomic E-state index is 0.000833. The summed E-state index contributed by atoms with van der Waals surface area (Å²) in [4.78, 5) is 0. The van der Waals surface area contributed by atoms with Crippen LogP contribution in [-0.2, 0) is 0 Å². The van der Waals surface area contributed by atoms with Gasteiger partial charge in [0.25, 0.3) is 0 Å². The van der Waals surface area contributed by atoms with E-state index in [9.17, 15) is 4.39 Å². The van der Waals surface area contributed by atoms with Crippen molar-refractivity contribution in [3.8, 4) is 0 Å². The number of benzene rings is 1. The van der Waals surface area contributed by atoms with Gasteiger partial charge in [-0.2, -0.15) is 5.10 Å². The quantitative estimate of drug-likeness (QED) is 0.299. The number of rotatable bonds is 1. The third-order valence-corrected chi connectivity index (χ3v) is 1.64. The van der Waals surface area contributed by atoms with Crippen LogP contribution >= 0.6 is 11.6 Å². The molecule has 1 rings (SSSR count). The molecule has 4 N–H and O–H groups in total. The van der Waals surface area contributed by atoms with Gasteiger partial charge in [-0.05, 0) is 18.2 Å². The lowest BCUT2D eigenvalue weighted by Gasteiger charge is -1.99. The van der Waals surface area contributed by atoms with Gasteiger partial charge < -0.3 is 11.6 Å². The van der Waals surface area contributed by atoms with E-state index in [0.717, 1.165) is 0 Å². The van der Waals surface area contributed by atoms with E-state index in [1.807, 2.05) is 0 Å². The van der Waals surface area contributed by atoms with Crippen LogP contribution in [0, 0.1) is 5.82 Å². The van der Waals surface area contributed by atoms with Gasteiger partial charge in [0, 0.05) is 5.56 Å². The molecule has 0 spiro atoms. The molecule has 0 amide bonds. The molecule has 0 atom stereocenters. The van der Waals surface area contributed by atoms with E-state index in [1.54, 1.807) is 0 Å². The average Bonchev–Trinajstić information content (AvgIpc) is 2.08. The maximum atomic E-state index is 12.6. The number of nitrogens with zero attached hydrogens (tertiary/aromatic N) is 1. The van der Waals surface area contributed by atoms with E-state index in [2.05, 4.69) is 5.10 Å². The van der Waals surface area contributed by atoms with Crippen LogP contribution in [0.2, 0.25) is 5.02 Å². The molecular weight excluding hydrogens is 181 g/mol. The van der Waals surface area contributed by atoms with Crippen molar-refractivity contribution in [2.24, 2.45) is 16.7 Å². The largest absolute Gasteiger partial charge is 0.382 e. The van der Waals surface area contributed by atoms with E-state index in [1.165, 1.54) is 18.2 Å². The van der Waals surface area contributed by atoms with Gasteiger partial charge in [-0.25, -0.2) is 4.39 Å². The summed E-state index contributed by atoms with van der Waals surface area (Å²) < 4.78 is 12.6. The third-order valence-electron chi connectivity index (χ3n) is 1.35. The molecule has 0 aromatic heterocycles. The Morgan fingerprint density at radius 2 is 2.17 bits per heavy atom. The minimum Gasteiger partial charge on any atom is -0.382 e. The lowest BCUT2D eigenvalue weighted by Crippen LogP contribution is -2.15. The summed E-state index contributed by atoms with van der Waals surface area (Å²) in [7, 11) is 0. The Morgan fingerprint density at radius 1 is 1.50 bits per heavy atom. The van der Waals surface area contributed by atoms with Gasteiger partial charge in [-0.3, -0.25) is 0 Å². The van der Waals surface area contributed by atoms with Crippen molar-refractivity contribution in [1.82, 2.24) is 0 Å². The predicted octanol–water partition coefficient (Wildman–Crippen LogP) is 1.06. The third kappa shape index (κ3) is 1.65. The highest BCUT2D eigenvalue weighted by Gasteiger charge is 2.02. The van der Waals surface area contributed by atoms with E-state index >= 15 is 0 Å². The average molecular weight is 188 g/mol. The van der Waals surface area contributed by atoms with Crippen LogP contribution in [0.3, 0.4) is 0 Å². The van der Waals surface area contributed by atoms with E-state index < -0.39 is 5.82 Å². The highest BCUT2D eigenvalue weighted by molar-refractivity contribution is 6.31. The second-order valence-electron chi connectivity index (χ2n) is 2.14. The first-order chi connectivity index (χ1) is 5.65. The van der Waals surface area contributed by atoms with E-state index in [-0.39, 0.29) is 10.9 Å². The molecule has 3 nitrogen and oxygen atoms in total. The molecule has 0 bridgehead atoms. The first kappa shape index (κ1) is 8.80. The van der Waals surface area contributed by atoms with Crippen molar-refractivity contribution in [3.63, 3.8) is 0 Å². The number of nitrogens with two attached hydrogens (primary N) is 2. The number of amidine groups is 1. The summed E-state index contributed by atoms with van der Waals surface area (Å²) in [5.41, 5.74) is 5.86. The Bertz CT molecular complexity index is 324. The summed E-state index contributed by atoms with van der Waals surface area (Å²) in [5.74, 6) is 4.55. The number of hydrazone groups is 1. The molecule has 0 aliphatic rings. The zero-order valence-electron chi connectivity index (χ0n) is 6.09. The van der Waals surface area contributed by atoms with Crippen LogP contribution in [0.4, 0.5) is 4.39 Å². The van der Waals surface area contributed by atoms with Crippen LogP contribution in [0.5, 0.6) is 0 Å². The fourth-order valence-corrected chi connectivity index (χ4v) is 0.911. The minimum atomic E-state index is -0.495. The van der Waals surface area contributed by atoms with Gasteiger partial charge in [0.1, 0.15) is 11.7 Å². The molecule has 0 aliphatic carbocycles. The summed E-state index contributed by atoms with van der Waals surface area (Å²) in [6.07, 6.45) is 0. The van der Waals surface area contributed by atoms with Crippen molar-refractivity contribution < 1.29 is 4.39 Å². The molecule has 1 aromatic rings. The zero-order valence-corrected chi connectivity index (χ0v) is 6.85.